The van der Waals surface area contributed by atoms with Crippen LogP contribution in [0.4, 0.5) is 0 Å². The molecule has 194 valence electrons. The highest BCUT2D eigenvalue weighted by Gasteiger charge is 2.23. The lowest BCUT2D eigenvalue weighted by atomic mass is 10.1. The highest BCUT2D eigenvalue weighted by molar-refractivity contribution is 7.18. The molecule has 1 amide bonds. The summed E-state index contributed by atoms with van der Waals surface area (Å²) < 4.78 is 16.9. The molecule has 0 aliphatic heterocycles. The average molecular weight is 533 g/mol. The number of aromatic nitrogens is 5. The number of amides is 1. The predicted molar refractivity (Wildman–Crippen MR) is 137 cm³/mol. The molecule has 0 bridgehead atoms. The summed E-state index contributed by atoms with van der Waals surface area (Å²) in [6, 6.07) is 16.3. The lowest BCUT2D eigenvalue weighted by Crippen LogP contribution is -2.25. The first kappa shape index (κ1) is 25.2. The van der Waals surface area contributed by atoms with Gasteiger partial charge in [0.05, 0.1) is 23.2 Å². The molecule has 0 aliphatic carbocycles. The molecule has 0 fully saturated rings. The molecule has 2 aromatic carbocycles. The van der Waals surface area contributed by atoms with Gasteiger partial charge in [-0.25, -0.2) is 9.78 Å². The summed E-state index contributed by atoms with van der Waals surface area (Å²) >= 11 is 1.56. The van der Waals surface area contributed by atoms with Gasteiger partial charge in [-0.1, -0.05) is 36.4 Å². The molecule has 12 heteroatoms. The summed E-state index contributed by atoms with van der Waals surface area (Å²) in [5.74, 6) is -0.694. The molecule has 5 rings (SSSR count). The van der Waals surface area contributed by atoms with E-state index in [2.05, 4.69) is 54.9 Å². The summed E-state index contributed by atoms with van der Waals surface area (Å²) in [7, 11) is 0. The van der Waals surface area contributed by atoms with E-state index in [4.69, 9.17) is 13.7 Å². The third kappa shape index (κ3) is 6.27. The Kier molecular flexibility index (Phi) is 6.97. The number of benzene rings is 2. The minimum absolute atomic E-state index is 0.0632. The minimum atomic E-state index is -0.707. The van der Waals surface area contributed by atoms with Gasteiger partial charge in [-0.15, -0.1) is 21.5 Å². The van der Waals surface area contributed by atoms with Crippen molar-refractivity contribution in [2.24, 2.45) is 0 Å². The van der Waals surface area contributed by atoms with Crippen molar-refractivity contribution in [1.29, 1.82) is 0 Å². The molecule has 38 heavy (non-hydrogen) atoms. The van der Waals surface area contributed by atoms with Crippen LogP contribution in [-0.4, -0.2) is 42.8 Å². The standard InChI is InChI=1S/C26H24N6O5S/c1-26(2,3)36-25(34)24-29-22(37-32-24)14-27-19(33)12-20-30-31-21(35-20)13-23-28-17-10-9-16(11-18(17)38-23)15-7-5-4-6-8-15/h4-11H,12-14H2,1-3H3,(H,27,33). The van der Waals surface area contributed by atoms with E-state index in [0.717, 1.165) is 26.4 Å². The lowest BCUT2D eigenvalue weighted by molar-refractivity contribution is -0.121. The van der Waals surface area contributed by atoms with Crippen molar-refractivity contribution in [3.63, 3.8) is 0 Å². The second-order valence-electron chi connectivity index (χ2n) is 9.39. The van der Waals surface area contributed by atoms with E-state index < -0.39 is 11.6 Å². The minimum Gasteiger partial charge on any atom is -0.454 e. The van der Waals surface area contributed by atoms with Crippen LogP contribution in [0.3, 0.4) is 0 Å². The molecule has 0 atom stereocenters. The van der Waals surface area contributed by atoms with Gasteiger partial charge in [0, 0.05) is 0 Å². The maximum absolute atomic E-state index is 12.3. The smallest absolute Gasteiger partial charge is 0.380 e. The van der Waals surface area contributed by atoms with E-state index in [-0.39, 0.29) is 36.5 Å². The zero-order valence-electron chi connectivity index (χ0n) is 20.9. The van der Waals surface area contributed by atoms with E-state index in [9.17, 15) is 9.59 Å². The number of thiazole rings is 1. The van der Waals surface area contributed by atoms with Crippen LogP contribution in [0, 0.1) is 0 Å². The van der Waals surface area contributed by atoms with Crippen LogP contribution in [0.5, 0.6) is 0 Å². The number of carbonyl (C=O) groups excluding carboxylic acids is 2. The highest BCUT2D eigenvalue weighted by Crippen LogP contribution is 2.29. The molecule has 0 aliphatic rings. The van der Waals surface area contributed by atoms with E-state index in [1.807, 2.05) is 24.3 Å². The molecule has 3 heterocycles. The first-order valence-electron chi connectivity index (χ1n) is 11.8. The van der Waals surface area contributed by atoms with Gasteiger partial charge in [0.25, 0.3) is 5.82 Å². The fraction of sp³-hybridized carbons (Fsp3) is 0.269. The quantitative estimate of drug-likeness (QED) is 0.289. The van der Waals surface area contributed by atoms with Crippen molar-refractivity contribution in [3.05, 3.63) is 77.0 Å². The number of carbonyl (C=O) groups is 2. The Morgan fingerprint density at radius 3 is 2.55 bits per heavy atom. The second kappa shape index (κ2) is 10.5. The van der Waals surface area contributed by atoms with Gasteiger partial charge in [-0.3, -0.25) is 4.79 Å². The molecule has 5 aromatic rings. The van der Waals surface area contributed by atoms with Gasteiger partial charge in [0.15, 0.2) is 0 Å². The lowest BCUT2D eigenvalue weighted by Gasteiger charge is -2.17. The summed E-state index contributed by atoms with van der Waals surface area (Å²) in [4.78, 5) is 32.9. The number of rotatable bonds is 8. The first-order valence-corrected chi connectivity index (χ1v) is 12.6. The summed E-state index contributed by atoms with van der Waals surface area (Å²) in [6.07, 6.45) is 0.240. The van der Waals surface area contributed by atoms with Crippen molar-refractivity contribution >= 4 is 33.4 Å². The van der Waals surface area contributed by atoms with Crippen LogP contribution < -0.4 is 5.32 Å². The molecule has 1 N–H and O–H groups in total. The Hall–Kier alpha value is -4.45. The number of fused-ring (bicyclic) bond motifs is 1. The predicted octanol–water partition coefficient (Wildman–Crippen LogP) is 4.13. The molecule has 0 unspecified atom stereocenters. The highest BCUT2D eigenvalue weighted by atomic mass is 32.1. The normalized spacial score (nSPS) is 11.6. The molecule has 0 saturated carbocycles. The largest absolute Gasteiger partial charge is 0.454 e. The third-order valence-corrected chi connectivity index (χ3v) is 6.17. The molecule has 0 saturated heterocycles. The average Bonchev–Trinajstić information content (AvgIpc) is 3.62. The van der Waals surface area contributed by atoms with Crippen molar-refractivity contribution in [3.8, 4) is 11.1 Å². The van der Waals surface area contributed by atoms with Crippen molar-refractivity contribution in [2.75, 3.05) is 0 Å². The third-order valence-electron chi connectivity index (χ3n) is 5.15. The van der Waals surface area contributed by atoms with E-state index in [1.165, 1.54) is 0 Å². The van der Waals surface area contributed by atoms with Gasteiger partial charge >= 0.3 is 5.97 Å². The Balaban J connectivity index is 1.15. The Labute approximate surface area is 221 Å². The van der Waals surface area contributed by atoms with Gasteiger partial charge in [0.1, 0.15) is 17.0 Å². The van der Waals surface area contributed by atoms with Gasteiger partial charge in [-0.2, -0.15) is 4.98 Å². The Morgan fingerprint density at radius 1 is 0.974 bits per heavy atom. The van der Waals surface area contributed by atoms with Crippen LogP contribution >= 0.6 is 11.3 Å². The van der Waals surface area contributed by atoms with E-state index >= 15 is 0 Å². The zero-order chi connectivity index (χ0) is 26.7. The van der Waals surface area contributed by atoms with Gasteiger partial charge < -0.3 is 19.0 Å². The van der Waals surface area contributed by atoms with Crippen LogP contribution in [0.15, 0.2) is 57.5 Å². The van der Waals surface area contributed by atoms with Crippen LogP contribution in [0.1, 0.15) is 54.1 Å². The number of ether oxygens (including phenoxy) is 1. The number of nitrogens with one attached hydrogen (secondary N) is 1. The summed E-state index contributed by atoms with van der Waals surface area (Å²) in [6.45, 7) is 5.13. The number of nitrogens with zero attached hydrogens (tertiary/aromatic N) is 5. The van der Waals surface area contributed by atoms with Gasteiger partial charge in [0.2, 0.25) is 23.6 Å². The van der Waals surface area contributed by atoms with E-state index in [0.29, 0.717) is 12.3 Å². The monoisotopic (exact) mass is 532 g/mol. The first-order chi connectivity index (χ1) is 18.2. The SMILES string of the molecule is CC(C)(C)OC(=O)c1noc(CNC(=O)Cc2nnc(Cc3nc4ccc(-c5ccccc5)cc4s3)o2)n1. The van der Waals surface area contributed by atoms with Crippen molar-refractivity contribution < 1.29 is 23.3 Å². The van der Waals surface area contributed by atoms with Crippen LogP contribution in [-0.2, 0) is 28.9 Å². The maximum atomic E-state index is 12.3. The molecule has 11 nitrogen and oxygen atoms in total. The topological polar surface area (TPSA) is 146 Å². The second-order valence-corrected chi connectivity index (χ2v) is 10.5. The summed E-state index contributed by atoms with van der Waals surface area (Å²) in [5.41, 5.74) is 2.49. The Bertz CT molecular complexity index is 1580. The molecule has 3 aromatic heterocycles. The number of esters is 1. The molecular weight excluding hydrogens is 508 g/mol. The summed E-state index contributed by atoms with van der Waals surface area (Å²) in [5, 5.41) is 15.0. The zero-order valence-corrected chi connectivity index (χ0v) is 21.7. The maximum Gasteiger partial charge on any atom is 0.380 e. The molecule has 0 radical (unpaired) electrons. The van der Waals surface area contributed by atoms with Crippen LogP contribution in [0.25, 0.3) is 21.3 Å². The number of hydrogen-bond acceptors (Lipinski definition) is 11. The molecule has 0 spiro atoms. The van der Waals surface area contributed by atoms with E-state index in [1.54, 1.807) is 32.1 Å². The van der Waals surface area contributed by atoms with Crippen LogP contribution in [0.2, 0.25) is 0 Å². The van der Waals surface area contributed by atoms with Crippen molar-refractivity contribution in [1.82, 2.24) is 30.6 Å². The Morgan fingerprint density at radius 2 is 1.76 bits per heavy atom. The van der Waals surface area contributed by atoms with Crippen molar-refractivity contribution in [2.45, 2.75) is 45.8 Å². The molecular formula is C26H24N6O5S. The van der Waals surface area contributed by atoms with Gasteiger partial charge in [-0.05, 0) is 49.2 Å². The number of hydrogen-bond donors (Lipinski definition) is 1. The fourth-order valence-corrected chi connectivity index (χ4v) is 4.52. The fourth-order valence-electron chi connectivity index (χ4n) is 3.53.